The number of aliphatic hydroxyl groups excluding tert-OH is 1. The number of rotatable bonds is 7. The number of alkyl halides is 3. The molecule has 3 atom stereocenters. The minimum absolute atomic E-state index is 0.0166. The van der Waals surface area contributed by atoms with E-state index in [1.165, 1.54) is 40.3 Å². The van der Waals surface area contributed by atoms with Gasteiger partial charge < -0.3 is 30.3 Å². The number of hydrogen-bond acceptors (Lipinski definition) is 7. The number of benzene rings is 3. The molecule has 2 heterocycles. The molecule has 1 aromatic heterocycles. The van der Waals surface area contributed by atoms with Crippen molar-refractivity contribution < 1.29 is 37.4 Å². The first-order valence-corrected chi connectivity index (χ1v) is 15.2. The Morgan fingerprint density at radius 3 is 2.50 bits per heavy atom. The SMILES string of the molecule is C[C@H](CO)N1C[C@H](C)[C@@H](CN(C)C(=O)Nc2ccc(C(F)(F)F)cc2)Oc2c(NC(=O)c3nc4ccccc4s3)cccc2C1=O. The van der Waals surface area contributed by atoms with E-state index >= 15 is 0 Å². The van der Waals surface area contributed by atoms with Crippen LogP contribution in [0.15, 0.2) is 66.7 Å². The molecule has 4 aromatic rings. The highest BCUT2D eigenvalue weighted by atomic mass is 32.1. The minimum atomic E-state index is -4.50. The first-order chi connectivity index (χ1) is 21.8. The van der Waals surface area contributed by atoms with Crippen LogP contribution in [0.5, 0.6) is 5.75 Å². The van der Waals surface area contributed by atoms with Gasteiger partial charge in [0.25, 0.3) is 11.8 Å². The van der Waals surface area contributed by atoms with E-state index in [1.54, 1.807) is 31.2 Å². The minimum Gasteiger partial charge on any atom is -0.485 e. The molecule has 10 nitrogen and oxygen atoms in total. The normalized spacial score (nSPS) is 17.4. The summed E-state index contributed by atoms with van der Waals surface area (Å²) in [6, 6.07) is 15.1. The van der Waals surface area contributed by atoms with E-state index in [9.17, 15) is 32.7 Å². The number of halogens is 3. The van der Waals surface area contributed by atoms with Crippen LogP contribution < -0.4 is 15.4 Å². The number of thiazole rings is 1. The summed E-state index contributed by atoms with van der Waals surface area (Å²) in [5, 5.41) is 15.6. The van der Waals surface area contributed by atoms with Crippen LogP contribution in [0.25, 0.3) is 10.2 Å². The van der Waals surface area contributed by atoms with Gasteiger partial charge in [-0.1, -0.05) is 25.1 Å². The number of amides is 4. The number of carbonyl (C=O) groups is 3. The second-order valence-corrected chi connectivity index (χ2v) is 12.2. The van der Waals surface area contributed by atoms with E-state index in [0.717, 1.165) is 16.8 Å². The highest BCUT2D eigenvalue weighted by Crippen LogP contribution is 2.36. The summed E-state index contributed by atoms with van der Waals surface area (Å²) in [4.78, 5) is 47.4. The summed E-state index contributed by atoms with van der Waals surface area (Å²) in [6.07, 6.45) is -5.21. The van der Waals surface area contributed by atoms with Gasteiger partial charge >= 0.3 is 12.2 Å². The number of ether oxygens (including phenoxy) is 1. The Kier molecular flexibility index (Phi) is 9.49. The smallest absolute Gasteiger partial charge is 0.416 e. The predicted molar refractivity (Wildman–Crippen MR) is 168 cm³/mol. The number of nitrogens with one attached hydrogen (secondary N) is 2. The molecule has 46 heavy (non-hydrogen) atoms. The van der Waals surface area contributed by atoms with Gasteiger partial charge in [-0.2, -0.15) is 13.2 Å². The molecule has 1 aliphatic rings. The van der Waals surface area contributed by atoms with Gasteiger partial charge in [-0.15, -0.1) is 11.3 Å². The van der Waals surface area contributed by atoms with Crippen LogP contribution >= 0.6 is 11.3 Å². The molecule has 3 aromatic carbocycles. The molecule has 0 bridgehead atoms. The van der Waals surface area contributed by atoms with E-state index in [1.807, 2.05) is 25.1 Å². The van der Waals surface area contributed by atoms with Crippen molar-refractivity contribution in [1.82, 2.24) is 14.8 Å². The number of likely N-dealkylation sites (N-methyl/N-ethyl adjacent to an activating group) is 1. The number of fused-ring (bicyclic) bond motifs is 2. The Morgan fingerprint density at radius 1 is 1.11 bits per heavy atom. The van der Waals surface area contributed by atoms with Crippen molar-refractivity contribution in [3.63, 3.8) is 0 Å². The fraction of sp³-hybridized carbons (Fsp3) is 0.312. The van der Waals surface area contributed by atoms with Crippen LogP contribution in [-0.4, -0.2) is 76.6 Å². The monoisotopic (exact) mass is 655 g/mol. The zero-order chi connectivity index (χ0) is 33.2. The summed E-state index contributed by atoms with van der Waals surface area (Å²) in [6.45, 7) is 3.47. The summed E-state index contributed by atoms with van der Waals surface area (Å²) in [5.74, 6) is -1.15. The van der Waals surface area contributed by atoms with Crippen molar-refractivity contribution in [2.24, 2.45) is 5.92 Å². The maximum Gasteiger partial charge on any atom is 0.416 e. The van der Waals surface area contributed by atoms with Crippen LogP contribution in [0.3, 0.4) is 0 Å². The molecular formula is C32H32F3N5O5S. The first kappa shape index (κ1) is 32.7. The molecule has 5 rings (SSSR count). The Hall–Kier alpha value is -4.69. The molecule has 0 fully saturated rings. The second-order valence-electron chi connectivity index (χ2n) is 11.1. The Balaban J connectivity index is 1.41. The highest BCUT2D eigenvalue weighted by Gasteiger charge is 2.35. The predicted octanol–water partition coefficient (Wildman–Crippen LogP) is 5.95. The quantitative estimate of drug-likeness (QED) is 0.226. The first-order valence-electron chi connectivity index (χ1n) is 14.4. The Labute approximate surface area is 266 Å². The third-order valence-corrected chi connectivity index (χ3v) is 8.73. The maximum absolute atomic E-state index is 13.8. The van der Waals surface area contributed by atoms with Crippen LogP contribution in [0, 0.1) is 5.92 Å². The van der Waals surface area contributed by atoms with Gasteiger partial charge in [-0.3, -0.25) is 9.59 Å². The maximum atomic E-state index is 13.8. The topological polar surface area (TPSA) is 124 Å². The van der Waals surface area contributed by atoms with Crippen molar-refractivity contribution in [2.75, 3.05) is 37.4 Å². The van der Waals surface area contributed by atoms with Crippen LogP contribution in [0.4, 0.5) is 29.3 Å². The third kappa shape index (κ3) is 7.07. The van der Waals surface area contributed by atoms with Gasteiger partial charge in [0, 0.05) is 25.2 Å². The van der Waals surface area contributed by atoms with E-state index in [4.69, 9.17) is 4.74 Å². The van der Waals surface area contributed by atoms with Gasteiger partial charge in [0.15, 0.2) is 10.8 Å². The van der Waals surface area contributed by atoms with Crippen LogP contribution in [0.1, 0.15) is 39.6 Å². The molecule has 14 heteroatoms. The number of hydrogen-bond donors (Lipinski definition) is 3. The highest BCUT2D eigenvalue weighted by molar-refractivity contribution is 7.20. The number of nitrogens with zero attached hydrogens (tertiary/aromatic N) is 3. The lowest BCUT2D eigenvalue weighted by Gasteiger charge is -2.38. The van der Waals surface area contributed by atoms with E-state index in [-0.39, 0.29) is 53.3 Å². The lowest BCUT2D eigenvalue weighted by molar-refractivity contribution is -0.137. The van der Waals surface area contributed by atoms with Gasteiger partial charge in [-0.05, 0) is 55.5 Å². The zero-order valence-corrected chi connectivity index (χ0v) is 26.0. The van der Waals surface area contributed by atoms with Gasteiger partial charge in [0.05, 0.1) is 46.2 Å². The molecule has 3 N–H and O–H groups in total. The second kappa shape index (κ2) is 13.3. The number of carbonyl (C=O) groups excluding carboxylic acids is 3. The van der Waals surface area contributed by atoms with Crippen molar-refractivity contribution in [3.8, 4) is 5.75 Å². The number of aromatic nitrogens is 1. The summed E-state index contributed by atoms with van der Waals surface area (Å²) < 4.78 is 46.1. The number of aliphatic hydroxyl groups is 1. The molecule has 0 saturated heterocycles. The molecule has 1 aliphatic heterocycles. The van der Waals surface area contributed by atoms with Crippen LogP contribution in [-0.2, 0) is 6.18 Å². The van der Waals surface area contributed by atoms with Crippen LogP contribution in [0.2, 0.25) is 0 Å². The lowest BCUT2D eigenvalue weighted by Crippen LogP contribution is -2.50. The lowest BCUT2D eigenvalue weighted by atomic mass is 9.99. The summed E-state index contributed by atoms with van der Waals surface area (Å²) in [5.41, 5.74) is 0.401. The Morgan fingerprint density at radius 2 is 1.83 bits per heavy atom. The van der Waals surface area contributed by atoms with Crippen molar-refractivity contribution in [2.45, 2.75) is 32.2 Å². The number of urea groups is 1. The summed E-state index contributed by atoms with van der Waals surface area (Å²) in [7, 11) is 1.51. The number of anilines is 2. The van der Waals surface area contributed by atoms with E-state index in [0.29, 0.717) is 5.52 Å². The molecule has 0 spiro atoms. The molecule has 0 unspecified atom stereocenters. The van der Waals surface area contributed by atoms with Gasteiger partial charge in [0.1, 0.15) is 6.10 Å². The standard InChI is InChI=1S/C32H32F3N5O5S/c1-18-15-40(19(2)17-41)30(43)22-7-6-9-24(37-28(42)29-38-23-8-4-5-10-26(23)46-29)27(22)45-25(18)16-39(3)31(44)36-21-13-11-20(12-14-21)32(33,34)35/h4-14,18-19,25,41H,15-17H2,1-3H3,(H,36,44)(H,37,42)/t18-,19+,25+/m0/s1. The van der Waals surface area contributed by atoms with Crippen molar-refractivity contribution in [1.29, 1.82) is 0 Å². The molecule has 0 aliphatic carbocycles. The molecule has 4 amide bonds. The average Bonchev–Trinajstić information content (AvgIpc) is 3.47. The molecule has 242 valence electrons. The van der Waals surface area contributed by atoms with Crippen molar-refractivity contribution in [3.05, 3.63) is 82.9 Å². The Bertz CT molecular complexity index is 1710. The van der Waals surface area contributed by atoms with Gasteiger partial charge in [-0.25, -0.2) is 9.78 Å². The van der Waals surface area contributed by atoms with E-state index < -0.39 is 41.7 Å². The third-order valence-electron chi connectivity index (χ3n) is 7.69. The molecule has 0 saturated carbocycles. The largest absolute Gasteiger partial charge is 0.485 e. The molecule has 0 radical (unpaired) electrons. The van der Waals surface area contributed by atoms with Gasteiger partial charge in [0.2, 0.25) is 0 Å². The van der Waals surface area contributed by atoms with E-state index in [2.05, 4.69) is 15.6 Å². The fourth-order valence-electron chi connectivity index (χ4n) is 5.02. The molecular weight excluding hydrogens is 623 g/mol. The average molecular weight is 656 g/mol. The number of para-hydroxylation sites is 2. The van der Waals surface area contributed by atoms with Crippen molar-refractivity contribution >= 4 is 50.8 Å². The summed E-state index contributed by atoms with van der Waals surface area (Å²) >= 11 is 1.22. The fourth-order valence-corrected chi connectivity index (χ4v) is 5.88. The zero-order valence-electron chi connectivity index (χ0n) is 25.2.